The molecule has 3 aromatic rings. The molecule has 0 bridgehead atoms. The molecule has 0 aliphatic heterocycles. The molecule has 0 N–H and O–H groups in total. The number of nitrogens with zero attached hydrogens (tertiary/aromatic N) is 1. The predicted octanol–water partition coefficient (Wildman–Crippen LogP) is 4.85. The van der Waals surface area contributed by atoms with Gasteiger partial charge < -0.3 is 4.74 Å². The summed E-state index contributed by atoms with van der Waals surface area (Å²) in [5.41, 5.74) is 1.03. The second-order valence-electron chi connectivity index (χ2n) is 6.05. The summed E-state index contributed by atoms with van der Waals surface area (Å²) in [7, 11) is 0. The van der Waals surface area contributed by atoms with Gasteiger partial charge in [-0.3, -0.25) is 19.7 Å². The highest BCUT2D eigenvalue weighted by molar-refractivity contribution is 8.00. The Morgan fingerprint density at radius 2 is 1.48 bits per heavy atom. The van der Waals surface area contributed by atoms with Crippen LogP contribution in [0.5, 0.6) is 0 Å². The van der Waals surface area contributed by atoms with Gasteiger partial charge >= 0.3 is 5.97 Å². The lowest BCUT2D eigenvalue weighted by molar-refractivity contribution is -0.384. The number of carbonyl (C=O) groups excluding carboxylic acids is 2. The largest absolute Gasteiger partial charge is 0.448 e. The Hall–Kier alpha value is -3.45. The van der Waals surface area contributed by atoms with Crippen molar-refractivity contribution >= 4 is 29.2 Å². The van der Waals surface area contributed by atoms with Crippen molar-refractivity contribution in [3.05, 3.63) is 106 Å². The molecule has 0 saturated carbocycles. The quantitative estimate of drug-likeness (QED) is 0.174. The summed E-state index contributed by atoms with van der Waals surface area (Å²) < 4.78 is 5.52. The molecule has 1 atom stereocenters. The lowest BCUT2D eigenvalue weighted by atomic mass is 10.00. The first-order chi connectivity index (χ1) is 14.0. The van der Waals surface area contributed by atoms with E-state index in [0.29, 0.717) is 16.0 Å². The highest BCUT2D eigenvalue weighted by Gasteiger charge is 2.26. The third kappa shape index (κ3) is 5.52. The van der Waals surface area contributed by atoms with Crippen molar-refractivity contribution in [1.82, 2.24) is 0 Å². The molecule has 3 aromatic carbocycles. The monoisotopic (exact) mass is 407 g/mol. The highest BCUT2D eigenvalue weighted by atomic mass is 32.2. The Bertz CT molecular complexity index is 991. The SMILES string of the molecule is O=C(CSc1ccc([N+](=O)[O-])cc1)O[C@@H](C(=O)c1ccccc1)c1ccccc1. The van der Waals surface area contributed by atoms with Gasteiger partial charge in [0.1, 0.15) is 0 Å². The fraction of sp³-hybridized carbons (Fsp3) is 0.0909. The van der Waals surface area contributed by atoms with Crippen LogP contribution in [0.3, 0.4) is 0 Å². The van der Waals surface area contributed by atoms with Crippen LogP contribution in [0.2, 0.25) is 0 Å². The lowest BCUT2D eigenvalue weighted by Crippen LogP contribution is -2.21. The van der Waals surface area contributed by atoms with Crippen LogP contribution in [0.25, 0.3) is 0 Å². The second-order valence-corrected chi connectivity index (χ2v) is 7.10. The van der Waals surface area contributed by atoms with E-state index in [2.05, 4.69) is 0 Å². The molecule has 146 valence electrons. The van der Waals surface area contributed by atoms with Gasteiger partial charge in [-0.25, -0.2) is 0 Å². The zero-order chi connectivity index (χ0) is 20.6. The van der Waals surface area contributed by atoms with Crippen molar-refractivity contribution < 1.29 is 19.2 Å². The van der Waals surface area contributed by atoms with Gasteiger partial charge in [-0.2, -0.15) is 0 Å². The van der Waals surface area contributed by atoms with Crippen molar-refractivity contribution in [1.29, 1.82) is 0 Å². The molecular weight excluding hydrogens is 390 g/mol. The molecule has 0 spiro atoms. The number of nitro groups is 1. The van der Waals surface area contributed by atoms with Crippen LogP contribution >= 0.6 is 11.8 Å². The molecule has 0 radical (unpaired) electrons. The van der Waals surface area contributed by atoms with Crippen LogP contribution in [0.1, 0.15) is 22.0 Å². The third-order valence-corrected chi connectivity index (χ3v) is 5.04. The first-order valence-electron chi connectivity index (χ1n) is 8.75. The first kappa shape index (κ1) is 20.3. The van der Waals surface area contributed by atoms with Crippen molar-refractivity contribution in [2.45, 2.75) is 11.0 Å². The molecular formula is C22H17NO5S. The fourth-order valence-electron chi connectivity index (χ4n) is 2.63. The summed E-state index contributed by atoms with van der Waals surface area (Å²) in [5.74, 6) is -0.875. The number of carbonyl (C=O) groups is 2. The molecule has 3 rings (SSSR count). The number of hydrogen-bond acceptors (Lipinski definition) is 6. The van der Waals surface area contributed by atoms with Gasteiger partial charge in [-0.05, 0) is 12.1 Å². The van der Waals surface area contributed by atoms with Gasteiger partial charge in [0.25, 0.3) is 5.69 Å². The summed E-state index contributed by atoms with van der Waals surface area (Å²) >= 11 is 1.19. The van der Waals surface area contributed by atoms with Gasteiger partial charge in [-0.1, -0.05) is 60.7 Å². The summed E-state index contributed by atoms with van der Waals surface area (Å²) in [6, 6.07) is 23.4. The van der Waals surface area contributed by atoms with Crippen LogP contribution < -0.4 is 0 Å². The van der Waals surface area contributed by atoms with Crippen LogP contribution in [0, 0.1) is 10.1 Å². The number of benzene rings is 3. The molecule has 0 heterocycles. The molecule has 0 unspecified atom stereocenters. The smallest absolute Gasteiger partial charge is 0.317 e. The zero-order valence-electron chi connectivity index (χ0n) is 15.3. The second kappa shape index (κ2) is 9.66. The van der Waals surface area contributed by atoms with Crippen LogP contribution in [0.4, 0.5) is 5.69 Å². The van der Waals surface area contributed by atoms with Gasteiger partial charge in [0, 0.05) is 28.2 Å². The number of esters is 1. The van der Waals surface area contributed by atoms with Crippen LogP contribution in [-0.4, -0.2) is 22.4 Å². The van der Waals surface area contributed by atoms with E-state index in [1.807, 2.05) is 6.07 Å². The molecule has 0 fully saturated rings. The van der Waals surface area contributed by atoms with E-state index in [-0.39, 0.29) is 17.2 Å². The third-order valence-electron chi connectivity index (χ3n) is 4.05. The maximum absolute atomic E-state index is 12.9. The fourth-order valence-corrected chi connectivity index (χ4v) is 3.31. The maximum atomic E-state index is 12.9. The van der Waals surface area contributed by atoms with Crippen molar-refractivity contribution in [2.75, 3.05) is 5.75 Å². The Morgan fingerprint density at radius 1 is 0.897 bits per heavy atom. The van der Waals surface area contributed by atoms with E-state index in [0.717, 1.165) is 0 Å². The predicted molar refractivity (Wildman–Crippen MR) is 110 cm³/mol. The van der Waals surface area contributed by atoms with Crippen LogP contribution in [-0.2, 0) is 9.53 Å². The minimum absolute atomic E-state index is 0.0190. The first-order valence-corrected chi connectivity index (χ1v) is 9.74. The summed E-state index contributed by atoms with van der Waals surface area (Å²) in [6.45, 7) is 0. The maximum Gasteiger partial charge on any atom is 0.317 e. The van der Waals surface area contributed by atoms with Gasteiger partial charge in [0.2, 0.25) is 5.78 Å². The Balaban J connectivity index is 1.69. The minimum Gasteiger partial charge on any atom is -0.448 e. The summed E-state index contributed by atoms with van der Waals surface area (Å²) in [4.78, 5) is 36.2. The average molecular weight is 407 g/mol. The Morgan fingerprint density at radius 3 is 2.07 bits per heavy atom. The van der Waals surface area contributed by atoms with Gasteiger partial charge in [-0.15, -0.1) is 11.8 Å². The Labute approximate surface area is 171 Å². The molecule has 6 nitrogen and oxygen atoms in total. The van der Waals surface area contributed by atoms with E-state index in [1.54, 1.807) is 66.7 Å². The number of ether oxygens (including phenoxy) is 1. The minimum atomic E-state index is -1.04. The average Bonchev–Trinajstić information content (AvgIpc) is 2.77. The van der Waals surface area contributed by atoms with Crippen LogP contribution in [0.15, 0.2) is 89.8 Å². The van der Waals surface area contributed by atoms with E-state index in [9.17, 15) is 19.7 Å². The van der Waals surface area contributed by atoms with Gasteiger partial charge in [0.05, 0.1) is 10.7 Å². The number of non-ortho nitro benzene ring substituents is 1. The normalized spacial score (nSPS) is 11.4. The van der Waals surface area contributed by atoms with Crippen molar-refractivity contribution in [3.63, 3.8) is 0 Å². The highest BCUT2D eigenvalue weighted by Crippen LogP contribution is 2.25. The molecule has 0 saturated heterocycles. The molecule has 29 heavy (non-hydrogen) atoms. The number of rotatable bonds is 8. The van der Waals surface area contributed by atoms with E-state index in [4.69, 9.17) is 4.74 Å². The standard InChI is InChI=1S/C22H17NO5S/c24-20(15-29-19-13-11-18(12-14-19)23(26)27)28-22(17-9-5-2-6-10-17)21(25)16-7-3-1-4-8-16/h1-14,22H,15H2/t22-/m1/s1. The number of hydrogen-bond donors (Lipinski definition) is 0. The summed E-state index contributed by atoms with van der Waals surface area (Å²) in [5, 5.41) is 10.7. The number of Topliss-reactive ketones (excluding diaryl/α,β-unsaturated/α-hetero) is 1. The zero-order valence-corrected chi connectivity index (χ0v) is 16.1. The Kier molecular flexibility index (Phi) is 6.76. The molecule has 0 aliphatic rings. The molecule has 0 aromatic heterocycles. The van der Waals surface area contributed by atoms with Crippen molar-refractivity contribution in [3.8, 4) is 0 Å². The summed E-state index contributed by atoms with van der Waals surface area (Å²) in [6.07, 6.45) is -1.04. The van der Waals surface area contributed by atoms with E-state index in [1.165, 1.54) is 23.9 Å². The number of nitro benzene ring substituents is 1. The topological polar surface area (TPSA) is 86.5 Å². The molecule has 0 aliphatic carbocycles. The molecule has 7 heteroatoms. The van der Waals surface area contributed by atoms with E-state index >= 15 is 0 Å². The van der Waals surface area contributed by atoms with Crippen molar-refractivity contribution in [2.24, 2.45) is 0 Å². The lowest BCUT2D eigenvalue weighted by Gasteiger charge is -2.17. The van der Waals surface area contributed by atoms with E-state index < -0.39 is 17.0 Å². The number of thioether (sulfide) groups is 1. The number of ketones is 1. The van der Waals surface area contributed by atoms with Gasteiger partial charge in [0.15, 0.2) is 6.10 Å². The molecule has 0 amide bonds.